The molecule has 0 aliphatic rings. The molecule has 0 saturated carbocycles. The zero-order valence-corrected chi connectivity index (χ0v) is 13.7. The number of nitrogens with zero attached hydrogens (tertiary/aromatic N) is 2. The minimum atomic E-state index is -0.920. The molecule has 0 bridgehead atoms. The second-order valence-electron chi connectivity index (χ2n) is 5.32. The van der Waals surface area contributed by atoms with Crippen LogP contribution < -0.4 is 5.69 Å². The summed E-state index contributed by atoms with van der Waals surface area (Å²) in [5, 5.41) is 0. The third kappa shape index (κ3) is 2.84. The van der Waals surface area contributed by atoms with Crippen molar-refractivity contribution in [2.45, 2.75) is 0 Å². The van der Waals surface area contributed by atoms with E-state index in [0.717, 1.165) is 12.4 Å². The van der Waals surface area contributed by atoms with E-state index < -0.39 is 28.7 Å². The minimum Gasteiger partial charge on any atom is -0.304 e. The Morgan fingerprint density at radius 1 is 0.885 bits per heavy atom. The SMILES string of the molecule is Cl.O=c1[nH]c2cc(-c3c(F)cncc3F)c(-c3ccccc3F)nc2[nH]1. The van der Waals surface area contributed by atoms with Crippen molar-refractivity contribution in [1.29, 1.82) is 0 Å². The smallest absolute Gasteiger partial charge is 0.304 e. The summed E-state index contributed by atoms with van der Waals surface area (Å²) in [6, 6.07) is 7.07. The Bertz CT molecular complexity index is 1150. The van der Waals surface area contributed by atoms with Gasteiger partial charge in [0.15, 0.2) is 17.3 Å². The van der Waals surface area contributed by atoms with Gasteiger partial charge in [-0.3, -0.25) is 9.97 Å². The number of fused-ring (bicyclic) bond motifs is 1. The van der Waals surface area contributed by atoms with Crippen LogP contribution in [0.25, 0.3) is 33.5 Å². The summed E-state index contributed by atoms with van der Waals surface area (Å²) in [5.41, 5.74) is -0.468. The van der Waals surface area contributed by atoms with E-state index in [4.69, 9.17) is 0 Å². The van der Waals surface area contributed by atoms with Gasteiger partial charge in [-0.15, -0.1) is 12.4 Å². The fourth-order valence-corrected chi connectivity index (χ4v) is 2.68. The predicted molar refractivity (Wildman–Crippen MR) is 92.5 cm³/mol. The lowest BCUT2D eigenvalue weighted by atomic mass is 9.98. The van der Waals surface area contributed by atoms with Crippen LogP contribution in [-0.2, 0) is 0 Å². The van der Waals surface area contributed by atoms with Gasteiger partial charge in [-0.05, 0) is 18.2 Å². The molecule has 0 radical (unpaired) electrons. The number of aromatic amines is 2. The quantitative estimate of drug-likeness (QED) is 0.557. The highest BCUT2D eigenvalue weighted by Gasteiger charge is 2.21. The molecule has 4 aromatic rings. The largest absolute Gasteiger partial charge is 0.325 e. The predicted octanol–water partition coefficient (Wildman–Crippen LogP) is 3.82. The molecule has 0 fully saturated rings. The van der Waals surface area contributed by atoms with E-state index >= 15 is 0 Å². The van der Waals surface area contributed by atoms with Gasteiger partial charge in [0, 0.05) is 11.1 Å². The van der Waals surface area contributed by atoms with E-state index in [1.165, 1.54) is 24.3 Å². The first-order chi connectivity index (χ1) is 12.0. The molecule has 9 heteroatoms. The molecule has 3 heterocycles. The number of nitrogens with one attached hydrogen (secondary N) is 2. The molecule has 2 N–H and O–H groups in total. The lowest BCUT2D eigenvalue weighted by Crippen LogP contribution is -1.99. The summed E-state index contributed by atoms with van der Waals surface area (Å²) < 4.78 is 42.7. The van der Waals surface area contributed by atoms with Gasteiger partial charge in [0.1, 0.15) is 5.82 Å². The first-order valence-corrected chi connectivity index (χ1v) is 7.22. The highest BCUT2D eigenvalue weighted by atomic mass is 35.5. The zero-order chi connectivity index (χ0) is 17.6. The highest BCUT2D eigenvalue weighted by Crippen LogP contribution is 2.35. The van der Waals surface area contributed by atoms with Crippen molar-refractivity contribution in [1.82, 2.24) is 19.9 Å². The third-order valence-electron chi connectivity index (χ3n) is 3.75. The third-order valence-corrected chi connectivity index (χ3v) is 3.75. The van der Waals surface area contributed by atoms with E-state index in [1.54, 1.807) is 6.07 Å². The van der Waals surface area contributed by atoms with Crippen LogP contribution >= 0.6 is 12.4 Å². The van der Waals surface area contributed by atoms with Crippen LogP contribution in [0.5, 0.6) is 0 Å². The number of rotatable bonds is 2. The summed E-state index contributed by atoms with van der Waals surface area (Å²) in [5.74, 6) is -2.45. The molecular weight excluding hydrogens is 369 g/mol. The topological polar surface area (TPSA) is 74.4 Å². The van der Waals surface area contributed by atoms with Crippen LogP contribution in [0.15, 0.2) is 47.5 Å². The zero-order valence-electron chi connectivity index (χ0n) is 12.9. The summed E-state index contributed by atoms with van der Waals surface area (Å²) >= 11 is 0. The summed E-state index contributed by atoms with van der Waals surface area (Å²) in [4.78, 5) is 24.1. The number of pyridine rings is 2. The van der Waals surface area contributed by atoms with E-state index in [2.05, 4.69) is 19.9 Å². The Morgan fingerprint density at radius 2 is 1.58 bits per heavy atom. The summed E-state index contributed by atoms with van der Waals surface area (Å²) in [6.07, 6.45) is 1.71. The maximum atomic E-state index is 14.3. The average Bonchev–Trinajstić information content (AvgIpc) is 2.93. The van der Waals surface area contributed by atoms with Gasteiger partial charge in [-0.1, -0.05) is 12.1 Å². The van der Waals surface area contributed by atoms with E-state index in [0.29, 0.717) is 0 Å². The first-order valence-electron chi connectivity index (χ1n) is 7.22. The van der Waals surface area contributed by atoms with Crippen molar-refractivity contribution in [2.24, 2.45) is 0 Å². The molecular formula is C17H10ClF3N4O. The van der Waals surface area contributed by atoms with Gasteiger partial charge in [0.2, 0.25) is 0 Å². The van der Waals surface area contributed by atoms with Gasteiger partial charge >= 0.3 is 5.69 Å². The second kappa shape index (κ2) is 6.64. The number of hydrogen-bond donors (Lipinski definition) is 2. The molecule has 0 amide bonds. The van der Waals surface area contributed by atoms with Gasteiger partial charge in [0.05, 0.1) is 29.2 Å². The number of imidazole rings is 1. The van der Waals surface area contributed by atoms with Crippen LogP contribution in [0, 0.1) is 17.5 Å². The van der Waals surface area contributed by atoms with Gasteiger partial charge < -0.3 is 4.98 Å². The van der Waals surface area contributed by atoms with Crippen LogP contribution in [0.1, 0.15) is 0 Å². The molecule has 0 aliphatic heterocycles. The van der Waals surface area contributed by atoms with Gasteiger partial charge in [-0.2, -0.15) is 0 Å². The van der Waals surface area contributed by atoms with Crippen LogP contribution in [0.3, 0.4) is 0 Å². The van der Waals surface area contributed by atoms with Crippen LogP contribution in [0.4, 0.5) is 13.2 Å². The molecule has 26 heavy (non-hydrogen) atoms. The normalized spacial score (nSPS) is 10.7. The number of aromatic nitrogens is 4. The number of H-pyrrole nitrogens is 2. The van der Waals surface area contributed by atoms with Crippen LogP contribution in [0.2, 0.25) is 0 Å². The molecule has 5 nitrogen and oxygen atoms in total. The molecule has 0 unspecified atom stereocenters. The fourth-order valence-electron chi connectivity index (χ4n) is 2.68. The lowest BCUT2D eigenvalue weighted by molar-refractivity contribution is 0.579. The first kappa shape index (κ1) is 17.7. The Kier molecular flexibility index (Phi) is 4.52. The number of benzene rings is 1. The van der Waals surface area contributed by atoms with E-state index in [9.17, 15) is 18.0 Å². The average molecular weight is 379 g/mol. The van der Waals surface area contributed by atoms with Crippen molar-refractivity contribution >= 4 is 23.6 Å². The number of hydrogen-bond acceptors (Lipinski definition) is 3. The summed E-state index contributed by atoms with van der Waals surface area (Å²) in [6.45, 7) is 0. The molecule has 0 atom stereocenters. The molecule has 1 aromatic carbocycles. The minimum absolute atomic E-state index is 0. The Morgan fingerprint density at radius 3 is 2.27 bits per heavy atom. The maximum absolute atomic E-state index is 14.3. The Hall–Kier alpha value is -3.13. The van der Waals surface area contributed by atoms with Gasteiger partial charge in [-0.25, -0.2) is 22.9 Å². The lowest BCUT2D eigenvalue weighted by Gasteiger charge is -2.11. The Labute approximate surface area is 150 Å². The Balaban J connectivity index is 0.00000196. The van der Waals surface area contributed by atoms with Crippen molar-refractivity contribution in [3.05, 3.63) is 70.7 Å². The van der Waals surface area contributed by atoms with Crippen molar-refractivity contribution < 1.29 is 13.2 Å². The molecule has 4 rings (SSSR count). The molecule has 132 valence electrons. The summed E-state index contributed by atoms with van der Waals surface area (Å²) in [7, 11) is 0. The molecule has 0 aliphatic carbocycles. The monoisotopic (exact) mass is 378 g/mol. The van der Waals surface area contributed by atoms with E-state index in [-0.39, 0.29) is 40.4 Å². The highest BCUT2D eigenvalue weighted by molar-refractivity contribution is 5.89. The van der Waals surface area contributed by atoms with Crippen molar-refractivity contribution in [3.8, 4) is 22.4 Å². The molecule has 3 aromatic heterocycles. The molecule has 0 spiro atoms. The standard InChI is InChI=1S/C17H9F3N4O.ClH/c18-10-4-2-1-3-8(10)15-9(14-11(19)6-21-7-12(14)20)5-13-16(23-15)24-17(25)22-13;/h1-7H,(H2,22,23,24,25);1H. The van der Waals surface area contributed by atoms with Crippen LogP contribution in [-0.4, -0.2) is 19.9 Å². The maximum Gasteiger partial charge on any atom is 0.325 e. The second-order valence-corrected chi connectivity index (χ2v) is 5.32. The van der Waals surface area contributed by atoms with E-state index in [1.807, 2.05) is 0 Å². The van der Waals surface area contributed by atoms with Crippen molar-refractivity contribution in [3.63, 3.8) is 0 Å². The van der Waals surface area contributed by atoms with Crippen molar-refractivity contribution in [2.75, 3.05) is 0 Å². The fraction of sp³-hybridized carbons (Fsp3) is 0. The molecule has 0 saturated heterocycles. The van der Waals surface area contributed by atoms with Gasteiger partial charge in [0.25, 0.3) is 0 Å². The number of halogens is 4.